The molecular formula is C19H28IN5O. The maximum atomic E-state index is 5.30. The van der Waals surface area contributed by atoms with Crippen molar-refractivity contribution in [3.8, 4) is 5.69 Å². The van der Waals surface area contributed by atoms with Crippen LogP contribution in [0.4, 0.5) is 0 Å². The Labute approximate surface area is 172 Å². The summed E-state index contributed by atoms with van der Waals surface area (Å²) in [6, 6.07) is 10.3. The number of rotatable bonds is 6. The molecule has 1 atom stereocenters. The lowest BCUT2D eigenvalue weighted by Gasteiger charge is -2.21. The number of nitrogens with one attached hydrogen (secondary N) is 1. The molecule has 0 spiro atoms. The molecule has 7 heteroatoms. The van der Waals surface area contributed by atoms with Crippen LogP contribution in [-0.4, -0.2) is 54.0 Å². The normalized spacial score (nSPS) is 17.2. The monoisotopic (exact) mass is 469 g/mol. The van der Waals surface area contributed by atoms with Crippen LogP contribution in [0.15, 0.2) is 47.7 Å². The highest BCUT2D eigenvalue weighted by Crippen LogP contribution is 2.17. The van der Waals surface area contributed by atoms with Gasteiger partial charge >= 0.3 is 0 Å². The summed E-state index contributed by atoms with van der Waals surface area (Å²) >= 11 is 0. The highest BCUT2D eigenvalue weighted by Gasteiger charge is 2.24. The number of benzene rings is 1. The molecule has 1 aromatic heterocycles. The highest BCUT2D eigenvalue weighted by atomic mass is 127. The molecule has 142 valence electrons. The van der Waals surface area contributed by atoms with Crippen LogP contribution in [0.2, 0.25) is 0 Å². The molecule has 1 N–H and O–H groups in total. The predicted molar refractivity (Wildman–Crippen MR) is 115 cm³/mol. The van der Waals surface area contributed by atoms with Gasteiger partial charge < -0.3 is 15.0 Å². The van der Waals surface area contributed by atoms with E-state index in [-0.39, 0.29) is 24.0 Å². The molecule has 0 amide bonds. The lowest BCUT2D eigenvalue weighted by Crippen LogP contribution is -2.40. The third-order valence-electron chi connectivity index (χ3n) is 4.41. The van der Waals surface area contributed by atoms with Crippen LogP contribution in [0.3, 0.4) is 0 Å². The molecule has 0 radical (unpaired) electrons. The fraction of sp³-hybridized carbons (Fsp3) is 0.474. The van der Waals surface area contributed by atoms with E-state index in [4.69, 9.17) is 9.73 Å². The molecule has 26 heavy (non-hydrogen) atoms. The predicted octanol–water partition coefficient (Wildman–Crippen LogP) is 2.92. The molecule has 1 aliphatic heterocycles. The van der Waals surface area contributed by atoms with Gasteiger partial charge in [0.15, 0.2) is 5.96 Å². The van der Waals surface area contributed by atoms with Gasteiger partial charge in [-0.25, -0.2) is 9.67 Å². The number of ether oxygens (including phenoxy) is 1. The summed E-state index contributed by atoms with van der Waals surface area (Å²) in [6.07, 6.45) is 4.90. The summed E-state index contributed by atoms with van der Waals surface area (Å²) in [6.45, 7) is 6.50. The van der Waals surface area contributed by atoms with Crippen molar-refractivity contribution in [1.82, 2.24) is 20.0 Å². The third kappa shape index (κ3) is 5.44. The molecule has 0 bridgehead atoms. The van der Waals surface area contributed by atoms with Crippen molar-refractivity contribution in [2.45, 2.75) is 19.9 Å². The van der Waals surface area contributed by atoms with Gasteiger partial charge in [0.25, 0.3) is 0 Å². The minimum Gasteiger partial charge on any atom is -0.384 e. The first-order valence-corrected chi connectivity index (χ1v) is 8.91. The van der Waals surface area contributed by atoms with Gasteiger partial charge in [-0.05, 0) is 37.1 Å². The second-order valence-corrected chi connectivity index (χ2v) is 6.35. The van der Waals surface area contributed by atoms with Crippen molar-refractivity contribution < 1.29 is 4.74 Å². The zero-order chi connectivity index (χ0) is 17.5. The third-order valence-corrected chi connectivity index (χ3v) is 4.41. The number of aliphatic imine (C=N–C) groups is 1. The summed E-state index contributed by atoms with van der Waals surface area (Å²) in [5.41, 5.74) is 2.24. The first kappa shape index (κ1) is 20.7. The fourth-order valence-electron chi connectivity index (χ4n) is 3.21. The molecule has 0 saturated carbocycles. The van der Waals surface area contributed by atoms with Gasteiger partial charge in [-0.15, -0.1) is 24.0 Å². The van der Waals surface area contributed by atoms with Gasteiger partial charge in [-0.3, -0.25) is 0 Å². The standard InChI is InChI=1S/C19H27N5O.HI/c1-3-20-19(23-11-8-17(14-23)15-25-2)21-13-16-6-4-7-18(12-16)24-10-5-9-22-24;/h4-7,9-10,12,17H,3,8,11,13-15H2,1-2H3,(H,20,21);1H. The topological polar surface area (TPSA) is 54.7 Å². The van der Waals surface area contributed by atoms with E-state index in [9.17, 15) is 0 Å². The Hall–Kier alpha value is -1.61. The number of methoxy groups -OCH3 is 1. The van der Waals surface area contributed by atoms with Crippen molar-refractivity contribution in [2.24, 2.45) is 10.9 Å². The number of aromatic nitrogens is 2. The molecule has 3 rings (SSSR count). The maximum absolute atomic E-state index is 5.30. The minimum absolute atomic E-state index is 0. The molecule has 1 fully saturated rings. The lowest BCUT2D eigenvalue weighted by atomic mass is 10.1. The zero-order valence-corrected chi connectivity index (χ0v) is 17.8. The largest absolute Gasteiger partial charge is 0.384 e. The maximum Gasteiger partial charge on any atom is 0.194 e. The second kappa shape index (κ2) is 10.5. The smallest absolute Gasteiger partial charge is 0.194 e. The van der Waals surface area contributed by atoms with Gasteiger partial charge in [-0.1, -0.05) is 12.1 Å². The van der Waals surface area contributed by atoms with Gasteiger partial charge in [0.1, 0.15) is 0 Å². The van der Waals surface area contributed by atoms with Gasteiger partial charge in [-0.2, -0.15) is 5.10 Å². The first-order chi connectivity index (χ1) is 12.3. The van der Waals surface area contributed by atoms with Crippen LogP contribution >= 0.6 is 24.0 Å². The van der Waals surface area contributed by atoms with Crippen LogP contribution in [0.5, 0.6) is 0 Å². The van der Waals surface area contributed by atoms with Crippen LogP contribution < -0.4 is 5.32 Å². The van der Waals surface area contributed by atoms with Crippen LogP contribution in [-0.2, 0) is 11.3 Å². The van der Waals surface area contributed by atoms with Crippen LogP contribution in [0.25, 0.3) is 5.69 Å². The Bertz CT molecular complexity index is 689. The Balaban J connectivity index is 0.00000243. The van der Waals surface area contributed by atoms with Crippen molar-refractivity contribution in [2.75, 3.05) is 33.4 Å². The quantitative estimate of drug-likeness (QED) is 0.402. The molecular weight excluding hydrogens is 441 g/mol. The first-order valence-electron chi connectivity index (χ1n) is 8.91. The molecule has 2 heterocycles. The van der Waals surface area contributed by atoms with E-state index in [1.165, 1.54) is 5.56 Å². The van der Waals surface area contributed by atoms with Gasteiger partial charge in [0, 0.05) is 45.1 Å². The van der Waals surface area contributed by atoms with Crippen molar-refractivity contribution in [3.63, 3.8) is 0 Å². The highest BCUT2D eigenvalue weighted by molar-refractivity contribution is 14.0. The molecule has 1 aromatic carbocycles. The van der Waals surface area contributed by atoms with Crippen molar-refractivity contribution in [3.05, 3.63) is 48.3 Å². The zero-order valence-electron chi connectivity index (χ0n) is 15.5. The van der Waals surface area contributed by atoms with E-state index in [1.54, 1.807) is 13.3 Å². The molecule has 0 aliphatic carbocycles. The minimum atomic E-state index is 0. The molecule has 2 aromatic rings. The SMILES string of the molecule is CCNC(=NCc1cccc(-n2cccn2)c1)N1CCC(COC)C1.I. The Morgan fingerprint density at radius 3 is 3.00 bits per heavy atom. The number of hydrogen-bond acceptors (Lipinski definition) is 3. The van der Waals surface area contributed by atoms with Crippen LogP contribution in [0, 0.1) is 5.92 Å². The Morgan fingerprint density at radius 1 is 1.38 bits per heavy atom. The average Bonchev–Trinajstić information content (AvgIpc) is 3.31. The van der Waals surface area contributed by atoms with E-state index >= 15 is 0 Å². The average molecular weight is 469 g/mol. The number of nitrogens with zero attached hydrogens (tertiary/aromatic N) is 4. The lowest BCUT2D eigenvalue weighted by molar-refractivity contribution is 0.157. The Morgan fingerprint density at radius 2 is 2.27 bits per heavy atom. The Kier molecular flexibility index (Phi) is 8.37. The van der Waals surface area contributed by atoms with Crippen molar-refractivity contribution in [1.29, 1.82) is 0 Å². The van der Waals surface area contributed by atoms with Gasteiger partial charge in [0.05, 0.1) is 18.8 Å². The summed E-state index contributed by atoms with van der Waals surface area (Å²) in [4.78, 5) is 7.18. The summed E-state index contributed by atoms with van der Waals surface area (Å²) in [5, 5.41) is 7.71. The van der Waals surface area contributed by atoms with Gasteiger partial charge in [0.2, 0.25) is 0 Å². The number of likely N-dealkylation sites (tertiary alicyclic amines) is 1. The summed E-state index contributed by atoms with van der Waals surface area (Å²) < 4.78 is 7.17. The summed E-state index contributed by atoms with van der Waals surface area (Å²) in [7, 11) is 1.77. The van der Waals surface area contributed by atoms with E-state index in [0.29, 0.717) is 12.5 Å². The van der Waals surface area contributed by atoms with Crippen LogP contribution in [0.1, 0.15) is 18.9 Å². The molecule has 1 saturated heterocycles. The molecule has 6 nitrogen and oxygen atoms in total. The van der Waals surface area contributed by atoms with E-state index in [2.05, 4.69) is 46.5 Å². The van der Waals surface area contributed by atoms with E-state index < -0.39 is 0 Å². The van der Waals surface area contributed by atoms with E-state index in [0.717, 1.165) is 44.3 Å². The number of halogens is 1. The van der Waals surface area contributed by atoms with Crippen molar-refractivity contribution >= 4 is 29.9 Å². The number of hydrogen-bond donors (Lipinski definition) is 1. The fourth-order valence-corrected chi connectivity index (χ4v) is 3.21. The molecule has 1 aliphatic rings. The molecule has 1 unspecified atom stereocenters. The summed E-state index contributed by atoms with van der Waals surface area (Å²) in [5.74, 6) is 1.59. The second-order valence-electron chi connectivity index (χ2n) is 6.35. The number of guanidine groups is 1. The van der Waals surface area contributed by atoms with E-state index in [1.807, 2.05) is 16.9 Å².